The summed E-state index contributed by atoms with van der Waals surface area (Å²) in [5.74, 6) is 0.0945. The number of carbonyl (C=O) groups excluding carboxylic acids is 2. The molecule has 4 atom stereocenters. The standard InChI is InChI=1S/C27H39N5O5S/c1-18-10-11-32(23(13-18)16-37-20(3)33)27(34)24(8-5-7-22-15-28-17-30-22)31-38(35,36)25-9-4-6-21-12-19(2)14-29-26(21)25/h4,6,9,15,17-19,23-24,29,31H,5,7-8,10-14,16H2,1-3H3,(H,28,30). The molecule has 0 radical (unpaired) electrons. The largest absolute Gasteiger partial charge is 0.464 e. The number of rotatable bonds is 10. The number of fused-ring (bicyclic) bond motifs is 1. The summed E-state index contributed by atoms with van der Waals surface area (Å²) in [5.41, 5.74) is 2.50. The molecule has 2 aliphatic heterocycles. The number of piperidine rings is 1. The maximum absolute atomic E-state index is 13.9. The molecule has 0 spiro atoms. The van der Waals surface area contributed by atoms with Crippen LogP contribution in [0.1, 0.15) is 57.7 Å². The number of esters is 1. The second-order valence-electron chi connectivity index (χ2n) is 10.7. The molecule has 38 heavy (non-hydrogen) atoms. The fraction of sp³-hybridized carbons (Fsp3) is 0.593. The minimum Gasteiger partial charge on any atom is -0.464 e. The summed E-state index contributed by atoms with van der Waals surface area (Å²) in [7, 11) is -4.01. The van der Waals surface area contributed by atoms with E-state index in [2.05, 4.69) is 33.9 Å². The molecule has 0 saturated carbocycles. The Balaban J connectivity index is 1.57. The van der Waals surface area contributed by atoms with Crippen LogP contribution in [0.4, 0.5) is 5.69 Å². The number of aromatic amines is 1. The number of para-hydroxylation sites is 1. The number of nitrogens with one attached hydrogen (secondary N) is 3. The van der Waals surface area contributed by atoms with Gasteiger partial charge in [0.25, 0.3) is 0 Å². The van der Waals surface area contributed by atoms with E-state index in [0.29, 0.717) is 56.3 Å². The Hall–Kier alpha value is -2.92. The van der Waals surface area contributed by atoms with E-state index in [-0.39, 0.29) is 23.5 Å². The predicted octanol–water partition coefficient (Wildman–Crippen LogP) is 2.87. The summed E-state index contributed by atoms with van der Waals surface area (Å²) in [6, 6.07) is 4.04. The van der Waals surface area contributed by atoms with Crippen molar-refractivity contribution >= 4 is 27.6 Å². The molecule has 208 valence electrons. The smallest absolute Gasteiger partial charge is 0.302 e. The molecule has 2 aliphatic rings. The molecule has 1 aromatic carbocycles. The molecule has 2 aromatic rings. The highest BCUT2D eigenvalue weighted by Crippen LogP contribution is 2.32. The van der Waals surface area contributed by atoms with Crippen molar-refractivity contribution < 1.29 is 22.7 Å². The lowest BCUT2D eigenvalue weighted by Gasteiger charge is -2.40. The van der Waals surface area contributed by atoms with E-state index in [1.54, 1.807) is 29.6 Å². The highest BCUT2D eigenvalue weighted by Gasteiger charge is 2.37. The molecule has 1 amide bonds. The maximum atomic E-state index is 13.9. The number of sulfonamides is 1. The average molecular weight is 546 g/mol. The Bertz CT molecular complexity index is 1220. The van der Waals surface area contributed by atoms with Crippen LogP contribution in [0, 0.1) is 11.8 Å². The number of aromatic nitrogens is 2. The highest BCUT2D eigenvalue weighted by molar-refractivity contribution is 7.89. The van der Waals surface area contributed by atoms with Gasteiger partial charge in [0, 0.05) is 31.9 Å². The number of ether oxygens (including phenoxy) is 1. The molecule has 4 rings (SSSR count). The molecule has 1 saturated heterocycles. The van der Waals surface area contributed by atoms with Gasteiger partial charge in [0.2, 0.25) is 15.9 Å². The number of imidazole rings is 1. The minimum absolute atomic E-state index is 0.104. The number of nitrogens with zero attached hydrogens (tertiary/aromatic N) is 2. The number of carbonyl (C=O) groups is 2. The lowest BCUT2D eigenvalue weighted by molar-refractivity contribution is -0.148. The second kappa shape index (κ2) is 12.3. The van der Waals surface area contributed by atoms with Crippen LogP contribution in [-0.4, -0.2) is 66.9 Å². The van der Waals surface area contributed by atoms with Gasteiger partial charge in [-0.3, -0.25) is 9.59 Å². The Morgan fingerprint density at radius 1 is 1.26 bits per heavy atom. The summed E-state index contributed by atoms with van der Waals surface area (Å²) < 4.78 is 35.5. The quantitative estimate of drug-likeness (QED) is 0.391. The van der Waals surface area contributed by atoms with Gasteiger partial charge in [-0.2, -0.15) is 4.72 Å². The van der Waals surface area contributed by atoms with Crippen LogP contribution in [-0.2, 0) is 37.2 Å². The summed E-state index contributed by atoms with van der Waals surface area (Å²) >= 11 is 0. The van der Waals surface area contributed by atoms with E-state index in [1.807, 2.05) is 6.07 Å². The van der Waals surface area contributed by atoms with E-state index in [0.717, 1.165) is 24.1 Å². The zero-order valence-corrected chi connectivity index (χ0v) is 23.2. The van der Waals surface area contributed by atoms with Gasteiger partial charge in [0.1, 0.15) is 17.5 Å². The molecule has 3 heterocycles. The summed E-state index contributed by atoms with van der Waals surface area (Å²) in [6.45, 7) is 6.86. The number of H-pyrrole nitrogens is 1. The van der Waals surface area contributed by atoms with E-state index < -0.39 is 22.0 Å². The monoisotopic (exact) mass is 545 g/mol. The first kappa shape index (κ1) is 28.1. The van der Waals surface area contributed by atoms with Crippen LogP contribution in [0.25, 0.3) is 0 Å². The lowest BCUT2D eigenvalue weighted by Crippen LogP contribution is -2.55. The van der Waals surface area contributed by atoms with Gasteiger partial charge >= 0.3 is 5.97 Å². The first-order chi connectivity index (χ1) is 18.1. The van der Waals surface area contributed by atoms with Crippen molar-refractivity contribution in [2.45, 2.75) is 76.3 Å². The van der Waals surface area contributed by atoms with Crippen molar-refractivity contribution in [3.05, 3.63) is 42.0 Å². The summed E-state index contributed by atoms with van der Waals surface area (Å²) in [5, 5.41) is 3.28. The summed E-state index contributed by atoms with van der Waals surface area (Å²) in [6.07, 6.45) is 7.17. The van der Waals surface area contributed by atoms with Crippen LogP contribution < -0.4 is 10.0 Å². The second-order valence-corrected chi connectivity index (χ2v) is 12.4. The van der Waals surface area contributed by atoms with Crippen molar-refractivity contribution in [2.24, 2.45) is 11.8 Å². The zero-order valence-electron chi connectivity index (χ0n) is 22.4. The van der Waals surface area contributed by atoms with Gasteiger partial charge < -0.3 is 19.9 Å². The number of aryl methyl sites for hydroxylation is 1. The van der Waals surface area contributed by atoms with Crippen LogP contribution in [0.15, 0.2) is 35.6 Å². The van der Waals surface area contributed by atoms with E-state index in [9.17, 15) is 18.0 Å². The van der Waals surface area contributed by atoms with Gasteiger partial charge in [0.15, 0.2) is 0 Å². The number of hydrogen-bond donors (Lipinski definition) is 3. The van der Waals surface area contributed by atoms with Crippen molar-refractivity contribution in [1.29, 1.82) is 0 Å². The van der Waals surface area contributed by atoms with Crippen molar-refractivity contribution in [2.75, 3.05) is 25.0 Å². The Morgan fingerprint density at radius 3 is 2.82 bits per heavy atom. The minimum atomic E-state index is -4.01. The van der Waals surface area contributed by atoms with Gasteiger partial charge in [0.05, 0.1) is 18.1 Å². The van der Waals surface area contributed by atoms with Gasteiger partial charge in [-0.05, 0) is 62.0 Å². The molecule has 11 heteroatoms. The molecular formula is C27H39N5O5S. The van der Waals surface area contributed by atoms with Crippen LogP contribution in [0.2, 0.25) is 0 Å². The normalized spacial score (nSPS) is 22.3. The Morgan fingerprint density at radius 2 is 2.08 bits per heavy atom. The first-order valence-corrected chi connectivity index (χ1v) is 14.9. The predicted molar refractivity (Wildman–Crippen MR) is 144 cm³/mol. The molecule has 0 bridgehead atoms. The molecule has 0 aliphatic carbocycles. The van der Waals surface area contributed by atoms with E-state index in [4.69, 9.17) is 4.74 Å². The Labute approximate surface area is 225 Å². The molecule has 3 N–H and O–H groups in total. The third-order valence-electron chi connectivity index (χ3n) is 7.43. The molecule has 4 unspecified atom stereocenters. The SMILES string of the molecule is CC(=O)OCC1CC(C)CCN1C(=O)C(CCCc1cnc[nH]1)NS(=O)(=O)c1cccc2c1NCC(C)C2. The molecule has 1 fully saturated rings. The third-order valence-corrected chi connectivity index (χ3v) is 8.94. The van der Waals surface area contributed by atoms with Crippen molar-refractivity contribution in [1.82, 2.24) is 19.6 Å². The topological polar surface area (TPSA) is 133 Å². The van der Waals surface area contributed by atoms with Crippen molar-refractivity contribution in [3.8, 4) is 0 Å². The fourth-order valence-corrected chi connectivity index (χ4v) is 6.86. The number of benzene rings is 1. The highest BCUT2D eigenvalue weighted by atomic mass is 32.2. The fourth-order valence-electron chi connectivity index (χ4n) is 5.41. The number of hydrogen-bond acceptors (Lipinski definition) is 7. The zero-order chi connectivity index (χ0) is 27.3. The molecule has 10 nitrogen and oxygen atoms in total. The van der Waals surface area contributed by atoms with Crippen LogP contribution >= 0.6 is 0 Å². The third kappa shape index (κ3) is 6.93. The lowest BCUT2D eigenvalue weighted by atomic mass is 9.92. The number of anilines is 1. The van der Waals surface area contributed by atoms with E-state index in [1.165, 1.54) is 6.92 Å². The summed E-state index contributed by atoms with van der Waals surface area (Å²) in [4.78, 5) is 34.4. The van der Waals surface area contributed by atoms with Gasteiger partial charge in [-0.15, -0.1) is 0 Å². The molecule has 1 aromatic heterocycles. The number of amides is 1. The average Bonchev–Trinajstić information content (AvgIpc) is 3.39. The van der Waals surface area contributed by atoms with Crippen LogP contribution in [0.5, 0.6) is 0 Å². The van der Waals surface area contributed by atoms with Crippen molar-refractivity contribution in [3.63, 3.8) is 0 Å². The Kier molecular flexibility index (Phi) is 9.09. The van der Waals surface area contributed by atoms with E-state index >= 15 is 0 Å². The maximum Gasteiger partial charge on any atom is 0.302 e. The molecular weight excluding hydrogens is 506 g/mol. The number of likely N-dealkylation sites (tertiary alicyclic amines) is 1. The van der Waals surface area contributed by atoms with Gasteiger partial charge in [-0.1, -0.05) is 26.0 Å². The van der Waals surface area contributed by atoms with Gasteiger partial charge in [-0.25, -0.2) is 13.4 Å². The van der Waals surface area contributed by atoms with Crippen LogP contribution in [0.3, 0.4) is 0 Å². The first-order valence-electron chi connectivity index (χ1n) is 13.4.